The molecule has 0 saturated heterocycles. The van der Waals surface area contributed by atoms with Crippen molar-refractivity contribution in [3.05, 3.63) is 0 Å². The summed E-state index contributed by atoms with van der Waals surface area (Å²) in [6.07, 6.45) is 2.64. The van der Waals surface area contributed by atoms with Crippen LogP contribution in [0.3, 0.4) is 0 Å². The Morgan fingerprint density at radius 2 is 2.07 bits per heavy atom. The van der Waals surface area contributed by atoms with Crippen LogP contribution in [0.1, 0.15) is 33.6 Å². The van der Waals surface area contributed by atoms with Crippen molar-refractivity contribution in [3.63, 3.8) is 0 Å². The number of thioether (sulfide) groups is 1. The van der Waals surface area contributed by atoms with Crippen LogP contribution in [0.2, 0.25) is 0 Å². The van der Waals surface area contributed by atoms with E-state index in [-0.39, 0.29) is 0 Å². The number of nitrogens with one attached hydrogen (secondary N) is 1. The number of rotatable bonds is 10. The molecule has 0 aliphatic heterocycles. The summed E-state index contributed by atoms with van der Waals surface area (Å²) in [6.45, 7) is 9.76. The lowest BCUT2D eigenvalue weighted by Crippen LogP contribution is -2.31. The van der Waals surface area contributed by atoms with E-state index in [4.69, 9.17) is 4.74 Å². The smallest absolute Gasteiger partial charge is 0.0587 e. The third-order valence-corrected chi connectivity index (χ3v) is 3.42. The van der Waals surface area contributed by atoms with Gasteiger partial charge in [-0.25, -0.2) is 0 Å². The Balaban J connectivity index is 3.40. The summed E-state index contributed by atoms with van der Waals surface area (Å²) >= 11 is 2.04. The molecule has 3 heteroatoms. The van der Waals surface area contributed by atoms with Gasteiger partial charge in [-0.15, -0.1) is 0 Å². The molecule has 0 unspecified atom stereocenters. The van der Waals surface area contributed by atoms with Crippen LogP contribution < -0.4 is 5.32 Å². The molecule has 0 aliphatic carbocycles. The predicted octanol–water partition coefficient (Wildman–Crippen LogP) is 2.78. The molecule has 0 amide bonds. The zero-order valence-corrected chi connectivity index (χ0v) is 11.6. The number of methoxy groups -OCH3 is 1. The fourth-order valence-electron chi connectivity index (χ4n) is 1.49. The van der Waals surface area contributed by atoms with Crippen LogP contribution in [0.5, 0.6) is 0 Å². The summed E-state index contributed by atoms with van der Waals surface area (Å²) in [6, 6.07) is 0. The van der Waals surface area contributed by atoms with E-state index in [1.54, 1.807) is 7.11 Å². The van der Waals surface area contributed by atoms with Crippen LogP contribution in [-0.2, 0) is 4.74 Å². The Hall–Kier alpha value is 0.270. The van der Waals surface area contributed by atoms with Crippen LogP contribution >= 0.6 is 11.8 Å². The van der Waals surface area contributed by atoms with Crippen molar-refractivity contribution in [1.29, 1.82) is 0 Å². The molecule has 15 heavy (non-hydrogen) atoms. The molecule has 0 aromatic rings. The first-order chi connectivity index (χ1) is 7.12. The van der Waals surface area contributed by atoms with Gasteiger partial charge in [0.15, 0.2) is 0 Å². The summed E-state index contributed by atoms with van der Waals surface area (Å²) in [5.41, 5.74) is 0.419. The third kappa shape index (κ3) is 10.6. The zero-order valence-electron chi connectivity index (χ0n) is 10.8. The fraction of sp³-hybridized carbons (Fsp3) is 1.00. The van der Waals surface area contributed by atoms with Crippen molar-refractivity contribution in [2.45, 2.75) is 33.6 Å². The maximum Gasteiger partial charge on any atom is 0.0587 e. The van der Waals surface area contributed by atoms with Crippen molar-refractivity contribution in [2.24, 2.45) is 5.41 Å². The van der Waals surface area contributed by atoms with Gasteiger partial charge < -0.3 is 10.1 Å². The largest absolute Gasteiger partial charge is 0.383 e. The average Bonchev–Trinajstić information content (AvgIpc) is 2.20. The zero-order chi connectivity index (χ0) is 11.6. The lowest BCUT2D eigenvalue weighted by Gasteiger charge is -2.25. The van der Waals surface area contributed by atoms with Crippen LogP contribution in [0.15, 0.2) is 0 Å². The molecular formula is C12H27NOS. The lowest BCUT2D eigenvalue weighted by molar-refractivity contribution is 0.192. The molecular weight excluding hydrogens is 206 g/mol. The Bertz CT molecular complexity index is 126. The topological polar surface area (TPSA) is 21.3 Å². The molecule has 0 fully saturated rings. The van der Waals surface area contributed by atoms with E-state index in [0.29, 0.717) is 5.41 Å². The molecule has 0 spiro atoms. The van der Waals surface area contributed by atoms with Gasteiger partial charge in [0.25, 0.3) is 0 Å². The number of hydrogen-bond acceptors (Lipinski definition) is 3. The molecule has 0 aromatic carbocycles. The van der Waals surface area contributed by atoms with Crippen LogP contribution in [0, 0.1) is 5.41 Å². The Kier molecular flexibility index (Phi) is 9.66. The van der Waals surface area contributed by atoms with Gasteiger partial charge in [0.05, 0.1) is 6.61 Å². The van der Waals surface area contributed by atoms with E-state index in [1.807, 2.05) is 11.8 Å². The Labute approximate surface area is 99.5 Å². The molecule has 0 heterocycles. The SMILES string of the molecule is CCSCCCC(C)(C)CNCCOC. The van der Waals surface area contributed by atoms with Crippen molar-refractivity contribution in [3.8, 4) is 0 Å². The van der Waals surface area contributed by atoms with Gasteiger partial charge in [-0.2, -0.15) is 11.8 Å². The molecule has 92 valence electrons. The van der Waals surface area contributed by atoms with Gasteiger partial charge in [-0.3, -0.25) is 0 Å². The monoisotopic (exact) mass is 233 g/mol. The van der Waals surface area contributed by atoms with E-state index < -0.39 is 0 Å². The summed E-state index contributed by atoms with van der Waals surface area (Å²) in [5, 5.41) is 3.44. The minimum Gasteiger partial charge on any atom is -0.383 e. The van der Waals surface area contributed by atoms with Crippen molar-refractivity contribution in [1.82, 2.24) is 5.32 Å². The molecule has 0 bridgehead atoms. The second-order valence-corrected chi connectivity index (χ2v) is 6.03. The standard InChI is InChI=1S/C12H27NOS/c1-5-15-10-6-7-12(2,3)11-13-8-9-14-4/h13H,5-11H2,1-4H3. The highest BCUT2D eigenvalue weighted by molar-refractivity contribution is 7.99. The molecule has 0 rings (SSSR count). The maximum atomic E-state index is 5.00. The summed E-state index contributed by atoms with van der Waals surface area (Å²) in [4.78, 5) is 0. The molecule has 0 saturated carbocycles. The van der Waals surface area contributed by atoms with E-state index in [1.165, 1.54) is 24.3 Å². The van der Waals surface area contributed by atoms with Crippen LogP contribution in [-0.4, -0.2) is 38.3 Å². The first-order valence-corrected chi connectivity index (χ1v) is 7.05. The highest BCUT2D eigenvalue weighted by Crippen LogP contribution is 2.22. The van der Waals surface area contributed by atoms with Crippen molar-refractivity contribution in [2.75, 3.05) is 38.3 Å². The summed E-state index contributed by atoms with van der Waals surface area (Å²) < 4.78 is 5.00. The quantitative estimate of drug-likeness (QED) is 0.586. The van der Waals surface area contributed by atoms with Gasteiger partial charge in [0.1, 0.15) is 0 Å². The van der Waals surface area contributed by atoms with Crippen molar-refractivity contribution >= 4 is 11.8 Å². The Morgan fingerprint density at radius 3 is 2.67 bits per heavy atom. The second-order valence-electron chi connectivity index (χ2n) is 4.63. The van der Waals surface area contributed by atoms with Gasteiger partial charge >= 0.3 is 0 Å². The lowest BCUT2D eigenvalue weighted by atomic mass is 9.88. The molecule has 2 nitrogen and oxygen atoms in total. The highest BCUT2D eigenvalue weighted by Gasteiger charge is 2.16. The number of ether oxygens (including phenoxy) is 1. The molecule has 0 radical (unpaired) electrons. The third-order valence-electron chi connectivity index (χ3n) is 2.43. The van der Waals surface area contributed by atoms with Gasteiger partial charge in [-0.05, 0) is 29.8 Å². The van der Waals surface area contributed by atoms with E-state index in [0.717, 1.165) is 19.7 Å². The molecule has 0 aliphatic rings. The average molecular weight is 233 g/mol. The van der Waals surface area contributed by atoms with Crippen LogP contribution in [0.25, 0.3) is 0 Å². The Morgan fingerprint density at radius 1 is 1.33 bits per heavy atom. The molecule has 0 aromatic heterocycles. The normalized spacial score (nSPS) is 12.0. The predicted molar refractivity (Wildman–Crippen MR) is 70.8 cm³/mol. The summed E-state index contributed by atoms with van der Waals surface area (Å²) in [5.74, 6) is 2.55. The van der Waals surface area contributed by atoms with Gasteiger partial charge in [0.2, 0.25) is 0 Å². The van der Waals surface area contributed by atoms with E-state index >= 15 is 0 Å². The second kappa shape index (κ2) is 9.49. The van der Waals surface area contributed by atoms with Gasteiger partial charge in [0, 0.05) is 20.2 Å². The minimum atomic E-state index is 0.419. The maximum absolute atomic E-state index is 5.00. The fourth-order valence-corrected chi connectivity index (χ4v) is 2.12. The first kappa shape index (κ1) is 15.3. The number of hydrogen-bond donors (Lipinski definition) is 1. The molecule has 0 atom stereocenters. The van der Waals surface area contributed by atoms with Crippen LogP contribution in [0.4, 0.5) is 0 Å². The highest BCUT2D eigenvalue weighted by atomic mass is 32.2. The van der Waals surface area contributed by atoms with Crippen molar-refractivity contribution < 1.29 is 4.74 Å². The van der Waals surface area contributed by atoms with E-state index in [2.05, 4.69) is 26.1 Å². The van der Waals surface area contributed by atoms with Gasteiger partial charge in [-0.1, -0.05) is 20.8 Å². The summed E-state index contributed by atoms with van der Waals surface area (Å²) in [7, 11) is 1.74. The first-order valence-electron chi connectivity index (χ1n) is 5.90. The van der Waals surface area contributed by atoms with E-state index in [9.17, 15) is 0 Å². The minimum absolute atomic E-state index is 0.419. The molecule has 1 N–H and O–H groups in total.